The molecule has 0 saturated heterocycles. The van der Waals surface area contributed by atoms with Crippen molar-refractivity contribution in [1.29, 1.82) is 0 Å². The van der Waals surface area contributed by atoms with E-state index in [0.29, 0.717) is 6.42 Å². The molecule has 0 aromatic carbocycles. The monoisotopic (exact) mass is 180 g/mol. The molecule has 0 amide bonds. The van der Waals surface area contributed by atoms with Crippen LogP contribution in [0.5, 0.6) is 0 Å². The molecule has 3 nitrogen and oxygen atoms in total. The van der Waals surface area contributed by atoms with Gasteiger partial charge in [0.2, 0.25) is 0 Å². The Balaban J connectivity index is 0. The van der Waals surface area contributed by atoms with Crippen molar-refractivity contribution < 1.29 is 30.0 Å². The molecule has 1 N–H and O–H groups in total. The summed E-state index contributed by atoms with van der Waals surface area (Å²) in [6.07, 6.45) is 0.471. The zero-order chi connectivity index (χ0) is 5.91. The summed E-state index contributed by atoms with van der Waals surface area (Å²) >= 11 is 0. The first-order valence-corrected chi connectivity index (χ1v) is 3.62. The van der Waals surface area contributed by atoms with Crippen LogP contribution in [-0.2, 0) is 27.2 Å². The third-order valence-electron chi connectivity index (χ3n) is 0.462. The fourth-order valence-electron chi connectivity index (χ4n) is 0.258. The predicted octanol–water partition coefficient (Wildman–Crippen LogP) is 0.282. The molecule has 0 radical (unpaired) electrons. The molecule has 0 aromatic heterocycles. The van der Waals surface area contributed by atoms with E-state index in [1.54, 1.807) is 6.92 Å². The van der Waals surface area contributed by atoms with Crippen LogP contribution >= 0.6 is 0 Å². The van der Waals surface area contributed by atoms with Crippen molar-refractivity contribution in [2.24, 2.45) is 0 Å². The molecule has 5 heteroatoms. The van der Waals surface area contributed by atoms with E-state index in [2.05, 4.69) is 0 Å². The molecule has 0 spiro atoms. The molecule has 0 atom stereocenters. The van der Waals surface area contributed by atoms with E-state index in [0.717, 1.165) is 0 Å². The zero-order valence-electron chi connectivity index (χ0n) is 4.44. The van der Waals surface area contributed by atoms with E-state index < -0.39 is 10.1 Å². The standard InChI is InChI=1S/C3H8O3S.Fe/c1-2-3-7(4,5)6;/h2-3H2,1H3,(H,4,5,6);. The van der Waals surface area contributed by atoms with Gasteiger partial charge in [-0.3, -0.25) is 4.55 Å². The van der Waals surface area contributed by atoms with Gasteiger partial charge in [-0.25, -0.2) is 0 Å². The van der Waals surface area contributed by atoms with Gasteiger partial charge in [-0.2, -0.15) is 8.42 Å². The predicted molar refractivity (Wildman–Crippen MR) is 26.7 cm³/mol. The summed E-state index contributed by atoms with van der Waals surface area (Å²) in [7, 11) is -3.67. The van der Waals surface area contributed by atoms with E-state index >= 15 is 0 Å². The van der Waals surface area contributed by atoms with Gasteiger partial charge >= 0.3 is 0 Å². The molecular weight excluding hydrogens is 172 g/mol. The van der Waals surface area contributed by atoms with E-state index in [1.165, 1.54) is 0 Å². The fourth-order valence-corrected chi connectivity index (χ4v) is 0.774. The first kappa shape index (κ1) is 11.3. The number of hydrogen-bond donors (Lipinski definition) is 1. The Kier molecular flexibility index (Phi) is 6.08. The van der Waals surface area contributed by atoms with Crippen LogP contribution < -0.4 is 0 Å². The minimum absolute atomic E-state index is 0. The van der Waals surface area contributed by atoms with Gasteiger partial charge in [0.05, 0.1) is 5.75 Å². The Hall–Kier alpha value is 0.429. The molecule has 0 heterocycles. The average Bonchev–Trinajstić information content (AvgIpc) is 1.30. The van der Waals surface area contributed by atoms with Gasteiger partial charge in [0.25, 0.3) is 10.1 Å². The second-order valence-corrected chi connectivity index (χ2v) is 2.86. The zero-order valence-corrected chi connectivity index (χ0v) is 6.36. The molecule has 52 valence electrons. The fraction of sp³-hybridized carbons (Fsp3) is 1.00. The molecule has 0 saturated carbocycles. The van der Waals surface area contributed by atoms with Gasteiger partial charge in [-0.15, -0.1) is 0 Å². The van der Waals surface area contributed by atoms with Crippen molar-refractivity contribution >= 4 is 10.1 Å². The number of hydrogen-bond acceptors (Lipinski definition) is 2. The smallest absolute Gasteiger partial charge is 0.264 e. The maximum atomic E-state index is 9.79. The van der Waals surface area contributed by atoms with Crippen LogP contribution in [0.1, 0.15) is 13.3 Å². The molecule has 0 fully saturated rings. The SMILES string of the molecule is CCCS(=O)(=O)O.[Fe]. The van der Waals surface area contributed by atoms with Crippen LogP contribution in [0, 0.1) is 0 Å². The molecule has 0 aromatic rings. The summed E-state index contributed by atoms with van der Waals surface area (Å²) in [5.41, 5.74) is 0. The third-order valence-corrected chi connectivity index (χ3v) is 1.39. The van der Waals surface area contributed by atoms with Gasteiger partial charge in [-0.1, -0.05) is 6.92 Å². The number of rotatable bonds is 2. The maximum absolute atomic E-state index is 9.79. The first-order chi connectivity index (χ1) is 3.06. The Morgan fingerprint density at radius 2 is 1.88 bits per heavy atom. The van der Waals surface area contributed by atoms with Gasteiger partial charge in [0.1, 0.15) is 0 Å². The summed E-state index contributed by atoms with van der Waals surface area (Å²) in [5, 5.41) is 0. The van der Waals surface area contributed by atoms with E-state index in [4.69, 9.17) is 4.55 Å². The van der Waals surface area contributed by atoms with Crippen LogP contribution in [0.2, 0.25) is 0 Å². The topological polar surface area (TPSA) is 54.4 Å². The Labute approximate surface area is 59.7 Å². The molecule has 0 aliphatic carbocycles. The summed E-state index contributed by atoms with van der Waals surface area (Å²) in [6.45, 7) is 1.69. The van der Waals surface area contributed by atoms with Crippen LogP contribution in [-0.4, -0.2) is 18.7 Å². The van der Waals surface area contributed by atoms with Crippen LogP contribution in [0.4, 0.5) is 0 Å². The molecule has 0 rings (SSSR count). The maximum Gasteiger partial charge on any atom is 0.264 e. The molecular formula is C3H8FeO3S. The Morgan fingerprint density at radius 1 is 1.50 bits per heavy atom. The van der Waals surface area contributed by atoms with Crippen molar-refractivity contribution in [3.8, 4) is 0 Å². The van der Waals surface area contributed by atoms with Crippen LogP contribution in [0.15, 0.2) is 0 Å². The van der Waals surface area contributed by atoms with Gasteiger partial charge < -0.3 is 0 Å². The summed E-state index contributed by atoms with van der Waals surface area (Å²) in [6, 6.07) is 0. The van der Waals surface area contributed by atoms with E-state index in [-0.39, 0.29) is 22.8 Å². The summed E-state index contributed by atoms with van der Waals surface area (Å²) in [5.74, 6) is -0.132. The minimum atomic E-state index is -3.67. The quantitative estimate of drug-likeness (QED) is 0.490. The molecule has 0 bridgehead atoms. The second-order valence-electron chi connectivity index (χ2n) is 1.29. The van der Waals surface area contributed by atoms with Crippen molar-refractivity contribution in [2.75, 3.05) is 5.75 Å². The van der Waals surface area contributed by atoms with E-state index in [9.17, 15) is 8.42 Å². The molecule has 0 aliphatic rings. The minimum Gasteiger partial charge on any atom is -0.286 e. The van der Waals surface area contributed by atoms with Gasteiger partial charge in [0, 0.05) is 17.1 Å². The molecule has 0 unspecified atom stereocenters. The first-order valence-electron chi connectivity index (χ1n) is 2.01. The van der Waals surface area contributed by atoms with Crippen LogP contribution in [0.3, 0.4) is 0 Å². The summed E-state index contributed by atoms with van der Waals surface area (Å²) < 4.78 is 27.6. The van der Waals surface area contributed by atoms with Crippen LogP contribution in [0.25, 0.3) is 0 Å². The van der Waals surface area contributed by atoms with Gasteiger partial charge in [0.15, 0.2) is 0 Å². The van der Waals surface area contributed by atoms with Crippen molar-refractivity contribution in [3.63, 3.8) is 0 Å². The van der Waals surface area contributed by atoms with Crippen molar-refractivity contribution in [3.05, 3.63) is 0 Å². The summed E-state index contributed by atoms with van der Waals surface area (Å²) in [4.78, 5) is 0. The Morgan fingerprint density at radius 3 is 1.88 bits per heavy atom. The third kappa shape index (κ3) is 9.66. The largest absolute Gasteiger partial charge is 0.286 e. The average molecular weight is 180 g/mol. The van der Waals surface area contributed by atoms with Crippen molar-refractivity contribution in [1.82, 2.24) is 0 Å². The normalized spacial score (nSPS) is 10.2. The second kappa shape index (κ2) is 4.32. The molecule has 8 heavy (non-hydrogen) atoms. The van der Waals surface area contributed by atoms with Crippen molar-refractivity contribution in [2.45, 2.75) is 13.3 Å². The molecule has 0 aliphatic heterocycles. The van der Waals surface area contributed by atoms with Gasteiger partial charge in [-0.05, 0) is 6.42 Å². The van der Waals surface area contributed by atoms with E-state index in [1.807, 2.05) is 0 Å². The Bertz CT molecular complexity index is 127.